The first-order valence-corrected chi connectivity index (χ1v) is 6.36. The number of ether oxygens (including phenoxy) is 2. The van der Waals surface area contributed by atoms with Gasteiger partial charge in [0.25, 0.3) is 0 Å². The third-order valence-corrected chi connectivity index (χ3v) is 3.45. The predicted octanol–water partition coefficient (Wildman–Crippen LogP) is 4.06. The molecule has 1 saturated carbocycles. The Morgan fingerprint density at radius 1 is 1.44 bits per heavy atom. The minimum atomic E-state index is -4.41. The molecule has 0 bridgehead atoms. The Kier molecular flexibility index (Phi) is 5.22. The number of halogens is 3. The van der Waals surface area contributed by atoms with E-state index in [1.54, 1.807) is 6.92 Å². The Hall–Kier alpha value is -0.550. The average Bonchev–Trinajstić information content (AvgIpc) is 2.28. The molecule has 0 aliphatic heterocycles. The molecule has 0 radical (unpaired) electrons. The van der Waals surface area contributed by atoms with Crippen LogP contribution in [-0.2, 0) is 9.47 Å². The third-order valence-electron chi connectivity index (χ3n) is 3.45. The fraction of sp³-hybridized carbons (Fsp3) is 0.846. The van der Waals surface area contributed by atoms with Gasteiger partial charge in [-0.2, -0.15) is 13.2 Å². The summed E-state index contributed by atoms with van der Waals surface area (Å²) in [6.07, 6.45) is -2.17. The SMILES string of the molecule is C=CC1CCCCC1(OC(C)OCC)C(F)(F)F. The van der Waals surface area contributed by atoms with E-state index in [1.807, 2.05) is 0 Å². The zero-order chi connectivity index (χ0) is 13.8. The van der Waals surface area contributed by atoms with Crippen molar-refractivity contribution in [2.75, 3.05) is 6.61 Å². The lowest BCUT2D eigenvalue weighted by Crippen LogP contribution is -2.56. The highest BCUT2D eigenvalue weighted by atomic mass is 19.4. The van der Waals surface area contributed by atoms with Crippen LogP contribution >= 0.6 is 0 Å². The summed E-state index contributed by atoms with van der Waals surface area (Å²) in [7, 11) is 0. The smallest absolute Gasteiger partial charge is 0.353 e. The molecule has 18 heavy (non-hydrogen) atoms. The highest BCUT2D eigenvalue weighted by molar-refractivity contribution is 5.04. The van der Waals surface area contributed by atoms with Gasteiger partial charge in [0.2, 0.25) is 0 Å². The molecule has 0 heterocycles. The van der Waals surface area contributed by atoms with Crippen LogP contribution in [0.1, 0.15) is 39.5 Å². The van der Waals surface area contributed by atoms with Gasteiger partial charge in [-0.05, 0) is 26.7 Å². The molecular weight excluding hydrogens is 245 g/mol. The van der Waals surface area contributed by atoms with Crippen molar-refractivity contribution < 1.29 is 22.6 Å². The van der Waals surface area contributed by atoms with E-state index in [-0.39, 0.29) is 6.42 Å². The van der Waals surface area contributed by atoms with Gasteiger partial charge in [-0.15, -0.1) is 6.58 Å². The van der Waals surface area contributed by atoms with Crippen molar-refractivity contribution in [1.82, 2.24) is 0 Å². The standard InChI is InChI=1S/C13H21F3O2/c1-4-11-8-6-7-9-12(11,13(14,15)16)18-10(3)17-5-2/h4,10-11H,1,5-9H2,2-3H3. The molecule has 5 heteroatoms. The molecule has 0 amide bonds. The molecule has 0 saturated heterocycles. The van der Waals surface area contributed by atoms with E-state index in [2.05, 4.69) is 6.58 Å². The average molecular weight is 266 g/mol. The molecule has 0 spiro atoms. The second kappa shape index (κ2) is 6.06. The first kappa shape index (κ1) is 15.5. The zero-order valence-electron chi connectivity index (χ0n) is 10.9. The first-order chi connectivity index (χ1) is 8.37. The molecule has 1 rings (SSSR count). The molecule has 1 fully saturated rings. The fourth-order valence-corrected chi connectivity index (χ4v) is 2.61. The maximum Gasteiger partial charge on any atom is 0.418 e. The monoisotopic (exact) mass is 266 g/mol. The van der Waals surface area contributed by atoms with Crippen LogP contribution in [0.2, 0.25) is 0 Å². The number of hydrogen-bond acceptors (Lipinski definition) is 2. The van der Waals surface area contributed by atoms with Crippen molar-refractivity contribution in [3.63, 3.8) is 0 Å². The van der Waals surface area contributed by atoms with E-state index >= 15 is 0 Å². The van der Waals surface area contributed by atoms with E-state index in [1.165, 1.54) is 13.0 Å². The van der Waals surface area contributed by atoms with Gasteiger partial charge in [-0.3, -0.25) is 0 Å². The van der Waals surface area contributed by atoms with Crippen LogP contribution in [0.4, 0.5) is 13.2 Å². The van der Waals surface area contributed by atoms with Crippen LogP contribution in [0.3, 0.4) is 0 Å². The van der Waals surface area contributed by atoms with Crippen molar-refractivity contribution in [2.45, 2.75) is 57.6 Å². The summed E-state index contributed by atoms with van der Waals surface area (Å²) in [5.74, 6) is -0.700. The highest BCUT2D eigenvalue weighted by Gasteiger charge is 2.61. The van der Waals surface area contributed by atoms with Crippen LogP contribution in [-0.4, -0.2) is 24.7 Å². The lowest BCUT2D eigenvalue weighted by Gasteiger charge is -2.44. The fourth-order valence-electron chi connectivity index (χ4n) is 2.61. The van der Waals surface area contributed by atoms with Crippen LogP contribution in [0, 0.1) is 5.92 Å². The summed E-state index contributed by atoms with van der Waals surface area (Å²) >= 11 is 0. The first-order valence-electron chi connectivity index (χ1n) is 6.36. The van der Waals surface area contributed by atoms with Crippen molar-refractivity contribution in [1.29, 1.82) is 0 Å². The summed E-state index contributed by atoms with van der Waals surface area (Å²) in [5.41, 5.74) is -2.14. The van der Waals surface area contributed by atoms with Gasteiger partial charge in [-0.1, -0.05) is 18.9 Å². The van der Waals surface area contributed by atoms with Crippen molar-refractivity contribution in [3.8, 4) is 0 Å². The molecule has 2 nitrogen and oxygen atoms in total. The molecular formula is C13H21F3O2. The van der Waals surface area contributed by atoms with Crippen molar-refractivity contribution in [2.24, 2.45) is 5.92 Å². The van der Waals surface area contributed by atoms with Crippen molar-refractivity contribution in [3.05, 3.63) is 12.7 Å². The molecule has 3 atom stereocenters. The third kappa shape index (κ3) is 3.06. The van der Waals surface area contributed by atoms with Gasteiger partial charge in [0, 0.05) is 12.5 Å². The highest BCUT2D eigenvalue weighted by Crippen LogP contribution is 2.49. The zero-order valence-corrected chi connectivity index (χ0v) is 10.9. The predicted molar refractivity (Wildman–Crippen MR) is 63.1 cm³/mol. The van der Waals surface area contributed by atoms with Gasteiger partial charge < -0.3 is 9.47 Å². The van der Waals surface area contributed by atoms with Crippen LogP contribution in [0.15, 0.2) is 12.7 Å². The Morgan fingerprint density at radius 3 is 2.61 bits per heavy atom. The van der Waals surface area contributed by atoms with E-state index < -0.39 is 24.0 Å². The number of rotatable bonds is 5. The topological polar surface area (TPSA) is 18.5 Å². The Balaban J connectivity index is 2.97. The van der Waals surface area contributed by atoms with Gasteiger partial charge >= 0.3 is 6.18 Å². The maximum absolute atomic E-state index is 13.4. The Labute approximate surface area is 106 Å². The molecule has 1 aliphatic carbocycles. The summed E-state index contributed by atoms with van der Waals surface area (Å²) < 4.78 is 50.6. The van der Waals surface area contributed by atoms with E-state index in [4.69, 9.17) is 9.47 Å². The van der Waals surface area contributed by atoms with Crippen LogP contribution in [0.25, 0.3) is 0 Å². The quantitative estimate of drug-likeness (QED) is 0.552. The van der Waals surface area contributed by atoms with Gasteiger partial charge in [0.15, 0.2) is 11.9 Å². The normalized spacial score (nSPS) is 31.1. The van der Waals surface area contributed by atoms with Gasteiger partial charge in [0.1, 0.15) is 0 Å². The van der Waals surface area contributed by atoms with Crippen LogP contribution in [0.5, 0.6) is 0 Å². The summed E-state index contributed by atoms with van der Waals surface area (Å²) in [6, 6.07) is 0. The van der Waals surface area contributed by atoms with Crippen molar-refractivity contribution >= 4 is 0 Å². The number of alkyl halides is 3. The molecule has 0 aromatic carbocycles. The van der Waals surface area contributed by atoms with E-state index in [0.717, 1.165) is 6.42 Å². The maximum atomic E-state index is 13.4. The Morgan fingerprint density at radius 2 is 2.11 bits per heavy atom. The van der Waals surface area contributed by atoms with E-state index in [9.17, 15) is 13.2 Å². The second-order valence-electron chi connectivity index (χ2n) is 4.62. The summed E-state index contributed by atoms with van der Waals surface area (Å²) in [6.45, 7) is 7.09. The molecule has 0 aromatic heterocycles. The summed E-state index contributed by atoms with van der Waals surface area (Å²) in [5, 5.41) is 0. The molecule has 1 aliphatic rings. The summed E-state index contributed by atoms with van der Waals surface area (Å²) in [4.78, 5) is 0. The van der Waals surface area contributed by atoms with E-state index in [0.29, 0.717) is 19.4 Å². The van der Waals surface area contributed by atoms with Gasteiger partial charge in [-0.25, -0.2) is 0 Å². The van der Waals surface area contributed by atoms with Gasteiger partial charge in [0.05, 0.1) is 0 Å². The largest absolute Gasteiger partial charge is 0.418 e. The lowest BCUT2D eigenvalue weighted by atomic mass is 9.74. The molecule has 0 aromatic rings. The second-order valence-corrected chi connectivity index (χ2v) is 4.62. The minimum absolute atomic E-state index is 0.0232. The molecule has 3 unspecified atom stereocenters. The minimum Gasteiger partial charge on any atom is -0.353 e. The number of hydrogen-bond donors (Lipinski definition) is 0. The molecule has 0 N–H and O–H groups in total. The Bertz CT molecular complexity index is 278. The van der Waals surface area contributed by atoms with Crippen LogP contribution < -0.4 is 0 Å². The molecule has 106 valence electrons. The lowest BCUT2D eigenvalue weighted by molar-refractivity contribution is -0.339.